The van der Waals surface area contributed by atoms with Gasteiger partial charge in [0.2, 0.25) is 5.89 Å². The SMILES string of the molecule is O[C@@](c1ccccc1)(c1ncc(C[N+]23CCC(CC2)C(Oc2ccccc2)C3)o1)C1CCCCC1.[Br-]. The molecule has 1 saturated carbocycles. The number of oxazole rings is 1. The molecule has 1 aromatic heterocycles. The lowest BCUT2D eigenvalue weighted by atomic mass is 9.73. The van der Waals surface area contributed by atoms with Gasteiger partial charge >= 0.3 is 0 Å². The average molecular weight is 554 g/mol. The highest BCUT2D eigenvalue weighted by molar-refractivity contribution is 5.30. The van der Waals surface area contributed by atoms with Crippen LogP contribution in [0.15, 0.2) is 71.3 Å². The zero-order valence-corrected chi connectivity index (χ0v) is 22.5. The van der Waals surface area contributed by atoms with Crippen molar-refractivity contribution in [2.45, 2.75) is 63.2 Å². The number of para-hydroxylation sites is 1. The Hall–Kier alpha value is -2.15. The Morgan fingerprint density at radius 1 is 0.917 bits per heavy atom. The minimum atomic E-state index is -1.17. The van der Waals surface area contributed by atoms with Gasteiger partial charge in [-0.25, -0.2) is 4.98 Å². The Kier molecular flexibility index (Phi) is 7.57. The summed E-state index contributed by atoms with van der Waals surface area (Å²) in [4.78, 5) is 4.71. The molecule has 4 aliphatic rings. The van der Waals surface area contributed by atoms with E-state index in [0.717, 1.165) is 73.4 Å². The van der Waals surface area contributed by atoms with E-state index < -0.39 is 5.60 Å². The maximum atomic E-state index is 12.2. The molecule has 5 nitrogen and oxygen atoms in total. The smallest absolute Gasteiger partial charge is 0.231 e. The van der Waals surface area contributed by atoms with Gasteiger partial charge in [0, 0.05) is 24.7 Å². The monoisotopic (exact) mass is 552 g/mol. The summed E-state index contributed by atoms with van der Waals surface area (Å²) in [6.07, 6.45) is 10.0. The van der Waals surface area contributed by atoms with Gasteiger partial charge in [0.1, 0.15) is 18.8 Å². The third kappa shape index (κ3) is 4.88. The van der Waals surface area contributed by atoms with Crippen molar-refractivity contribution in [3.05, 3.63) is 84.1 Å². The van der Waals surface area contributed by atoms with Crippen molar-refractivity contribution < 1.29 is 35.7 Å². The zero-order chi connectivity index (χ0) is 23.7. The molecule has 4 fully saturated rings. The Balaban J connectivity index is 0.00000267. The minimum Gasteiger partial charge on any atom is -1.00 e. The molecular formula is C30H37BrN2O3. The molecule has 1 aliphatic carbocycles. The molecule has 1 N–H and O–H groups in total. The fourth-order valence-electron chi connectivity index (χ4n) is 6.88. The number of halogens is 1. The van der Waals surface area contributed by atoms with Crippen LogP contribution in [0.5, 0.6) is 5.75 Å². The predicted molar refractivity (Wildman–Crippen MR) is 135 cm³/mol. The normalized spacial score (nSPS) is 27.7. The lowest BCUT2D eigenvalue weighted by Gasteiger charge is -2.51. The highest BCUT2D eigenvalue weighted by Crippen LogP contribution is 2.44. The van der Waals surface area contributed by atoms with Crippen LogP contribution in [-0.2, 0) is 12.1 Å². The largest absolute Gasteiger partial charge is 1.00 e. The van der Waals surface area contributed by atoms with Crippen molar-refractivity contribution in [2.75, 3.05) is 19.6 Å². The molecule has 0 spiro atoms. The van der Waals surface area contributed by atoms with Crippen molar-refractivity contribution >= 4 is 0 Å². The van der Waals surface area contributed by atoms with Gasteiger partial charge in [-0.1, -0.05) is 67.8 Å². The lowest BCUT2D eigenvalue weighted by molar-refractivity contribution is -0.958. The number of hydrogen-bond donors (Lipinski definition) is 1. The quantitative estimate of drug-likeness (QED) is 0.458. The maximum absolute atomic E-state index is 12.2. The minimum absolute atomic E-state index is 0. The Bertz CT molecular complexity index is 1110. The average Bonchev–Trinajstić information content (AvgIpc) is 3.39. The van der Waals surface area contributed by atoms with Gasteiger partial charge in [-0.3, -0.25) is 0 Å². The molecule has 7 rings (SSSR count). The number of fused-ring (bicyclic) bond motifs is 3. The summed E-state index contributed by atoms with van der Waals surface area (Å²) in [5.41, 5.74) is -0.282. The van der Waals surface area contributed by atoms with Gasteiger partial charge in [0.15, 0.2) is 17.5 Å². The second-order valence-electron chi connectivity index (χ2n) is 11.0. The van der Waals surface area contributed by atoms with E-state index in [1.165, 1.54) is 19.3 Å². The first-order valence-corrected chi connectivity index (χ1v) is 13.4. The van der Waals surface area contributed by atoms with Crippen LogP contribution in [-0.4, -0.2) is 40.3 Å². The molecule has 2 atom stereocenters. The van der Waals surface area contributed by atoms with E-state index in [1.807, 2.05) is 54.7 Å². The first-order valence-electron chi connectivity index (χ1n) is 13.4. The Labute approximate surface area is 224 Å². The summed E-state index contributed by atoms with van der Waals surface area (Å²) in [6.45, 7) is 4.12. The van der Waals surface area contributed by atoms with Crippen LogP contribution in [0.3, 0.4) is 0 Å². The second kappa shape index (κ2) is 10.7. The van der Waals surface area contributed by atoms with Gasteiger partial charge in [-0.05, 0) is 30.5 Å². The molecule has 4 heterocycles. The van der Waals surface area contributed by atoms with Gasteiger partial charge < -0.3 is 35.7 Å². The van der Waals surface area contributed by atoms with E-state index >= 15 is 0 Å². The third-order valence-corrected chi connectivity index (χ3v) is 8.85. The van der Waals surface area contributed by atoms with Crippen LogP contribution in [0.2, 0.25) is 0 Å². The molecule has 2 bridgehead atoms. The Morgan fingerprint density at radius 3 is 2.28 bits per heavy atom. The number of rotatable bonds is 7. The summed E-state index contributed by atoms with van der Waals surface area (Å²) in [5, 5.41) is 12.2. The lowest BCUT2D eigenvalue weighted by Crippen LogP contribution is -3.00. The zero-order valence-electron chi connectivity index (χ0n) is 20.9. The molecule has 192 valence electrons. The summed E-state index contributed by atoms with van der Waals surface area (Å²) in [6, 6.07) is 20.2. The number of hydrogen-bond acceptors (Lipinski definition) is 4. The van der Waals surface area contributed by atoms with Crippen LogP contribution >= 0.6 is 0 Å². The number of benzene rings is 2. The van der Waals surface area contributed by atoms with E-state index in [4.69, 9.17) is 14.1 Å². The predicted octanol–water partition coefficient (Wildman–Crippen LogP) is 2.68. The molecule has 6 heteroatoms. The molecule has 3 aliphatic heterocycles. The number of ether oxygens (including phenoxy) is 1. The standard InChI is InChI=1S/C30H37N2O3.BrH/c33-30(24-10-4-1-5-11-24,25-12-6-2-7-13-25)29-31-20-27(35-29)21-32-18-16-23(17-19-32)28(22-32)34-26-14-8-3-9-15-26;/h1,3-5,8-11,14-15,20,23,25,28,33H,2,6-7,12-13,16-19,21-22H2;1H/q+1;/p-1/t23?,28?,30-,32?;/m1./s1. The molecular weight excluding hydrogens is 516 g/mol. The van der Waals surface area contributed by atoms with Gasteiger partial charge in [0.05, 0.1) is 19.3 Å². The fraction of sp³-hybridized carbons (Fsp3) is 0.500. The highest BCUT2D eigenvalue weighted by Gasteiger charge is 2.49. The number of quaternary nitrogens is 1. The number of nitrogens with zero attached hydrogens (tertiary/aromatic N) is 2. The molecule has 3 saturated heterocycles. The van der Waals surface area contributed by atoms with Crippen LogP contribution in [0.4, 0.5) is 0 Å². The van der Waals surface area contributed by atoms with Crippen molar-refractivity contribution in [3.8, 4) is 5.75 Å². The highest BCUT2D eigenvalue weighted by atomic mass is 79.9. The van der Waals surface area contributed by atoms with E-state index in [1.54, 1.807) is 0 Å². The van der Waals surface area contributed by atoms with Crippen molar-refractivity contribution in [3.63, 3.8) is 0 Å². The van der Waals surface area contributed by atoms with Crippen LogP contribution < -0.4 is 21.7 Å². The van der Waals surface area contributed by atoms with E-state index in [0.29, 0.717) is 11.8 Å². The van der Waals surface area contributed by atoms with E-state index in [9.17, 15) is 5.11 Å². The Morgan fingerprint density at radius 2 is 1.58 bits per heavy atom. The molecule has 36 heavy (non-hydrogen) atoms. The van der Waals surface area contributed by atoms with Gasteiger partial charge in [-0.15, -0.1) is 0 Å². The fourth-order valence-corrected chi connectivity index (χ4v) is 6.88. The van der Waals surface area contributed by atoms with Crippen LogP contribution in [0.1, 0.15) is 62.2 Å². The topological polar surface area (TPSA) is 55.5 Å². The number of piperidine rings is 3. The van der Waals surface area contributed by atoms with Crippen LogP contribution in [0.25, 0.3) is 0 Å². The maximum Gasteiger partial charge on any atom is 0.231 e. The van der Waals surface area contributed by atoms with Crippen LogP contribution in [0, 0.1) is 11.8 Å². The number of aromatic nitrogens is 1. The van der Waals surface area contributed by atoms with Crippen molar-refractivity contribution in [1.82, 2.24) is 4.98 Å². The molecule has 0 radical (unpaired) electrons. The first kappa shape index (κ1) is 25.5. The molecule has 1 unspecified atom stereocenters. The summed E-state index contributed by atoms with van der Waals surface area (Å²) < 4.78 is 13.9. The van der Waals surface area contributed by atoms with Crippen molar-refractivity contribution in [2.24, 2.45) is 11.8 Å². The summed E-state index contributed by atoms with van der Waals surface area (Å²) in [7, 11) is 0. The van der Waals surface area contributed by atoms with E-state index in [-0.39, 0.29) is 29.0 Å². The molecule has 0 amide bonds. The first-order chi connectivity index (χ1) is 17.1. The number of aliphatic hydroxyl groups is 1. The van der Waals surface area contributed by atoms with Gasteiger partial charge in [0.25, 0.3) is 0 Å². The second-order valence-corrected chi connectivity index (χ2v) is 11.0. The molecule has 3 aromatic rings. The van der Waals surface area contributed by atoms with Crippen molar-refractivity contribution in [1.29, 1.82) is 0 Å². The molecule has 2 aromatic carbocycles. The summed E-state index contributed by atoms with van der Waals surface area (Å²) in [5.74, 6) is 3.07. The van der Waals surface area contributed by atoms with Gasteiger partial charge in [-0.2, -0.15) is 0 Å². The van der Waals surface area contributed by atoms with E-state index in [2.05, 4.69) is 12.1 Å². The third-order valence-electron chi connectivity index (χ3n) is 8.85. The summed E-state index contributed by atoms with van der Waals surface area (Å²) >= 11 is 0.